The first-order valence-electron chi connectivity index (χ1n) is 11.6. The number of rotatable bonds is 4. The molecule has 14 heteroatoms. The second-order valence-electron chi connectivity index (χ2n) is 9.01. The van der Waals surface area contributed by atoms with E-state index in [9.17, 15) is 23.9 Å². The summed E-state index contributed by atoms with van der Waals surface area (Å²) in [6.45, 7) is 2.66. The monoisotopic (exact) mass is 597 g/mol. The molecule has 1 amide bonds. The number of halogens is 1. The van der Waals surface area contributed by atoms with E-state index in [4.69, 9.17) is 9.84 Å². The fraction of sp³-hybridized carbons (Fsp3) is 0.333. The summed E-state index contributed by atoms with van der Waals surface area (Å²) in [5, 5.41) is 23.1. The molecule has 3 aromatic rings. The third-order valence-electron chi connectivity index (χ3n) is 6.75. The number of pyridine rings is 2. The molecule has 2 aromatic heterocycles. The molecule has 0 radical (unpaired) electrons. The molecular weight excluding hydrogens is 569 g/mol. The Labute approximate surface area is 226 Å². The zero-order valence-corrected chi connectivity index (χ0v) is 25.1. The van der Waals surface area contributed by atoms with Crippen LogP contribution in [0.5, 0.6) is 0 Å². The van der Waals surface area contributed by atoms with Crippen LogP contribution in [0.25, 0.3) is 22.3 Å². The Morgan fingerprint density at radius 3 is 2.61 bits per heavy atom. The maximum absolute atomic E-state index is 14.7. The van der Waals surface area contributed by atoms with Crippen molar-refractivity contribution in [1.29, 1.82) is 0 Å². The molecule has 0 saturated heterocycles. The number of aliphatic hydroxyl groups excluding tert-OH is 1. The zero-order chi connectivity index (χ0) is 27.9. The normalized spacial score (nSPS) is 17.3. The van der Waals surface area contributed by atoms with Crippen molar-refractivity contribution < 1.29 is 28.9 Å². The predicted molar refractivity (Wildman–Crippen MR) is 154 cm³/mol. The van der Waals surface area contributed by atoms with Gasteiger partial charge in [0.2, 0.25) is 5.91 Å². The lowest BCUT2D eigenvalue weighted by atomic mass is 9.86. The maximum atomic E-state index is 14.7. The molecule has 2 aliphatic heterocycles. The molecule has 2 aliphatic rings. The summed E-state index contributed by atoms with van der Waals surface area (Å²) in [6.07, 6.45) is 0.0349. The predicted octanol–water partition coefficient (Wildman–Crippen LogP) is 2.97. The van der Waals surface area contributed by atoms with E-state index in [1.165, 1.54) is 10.6 Å². The van der Waals surface area contributed by atoms with Gasteiger partial charge in [0.15, 0.2) is 5.60 Å². The summed E-state index contributed by atoms with van der Waals surface area (Å²) in [7, 11) is 7.94. The Kier molecular flexibility index (Phi) is 8.64. The van der Waals surface area contributed by atoms with Gasteiger partial charge in [-0.25, -0.2) is 14.2 Å². The minimum Gasteiger partial charge on any atom is -0.458 e. The average Bonchev–Trinajstić information content (AvgIpc) is 3.23. The van der Waals surface area contributed by atoms with Gasteiger partial charge in [0.25, 0.3) is 5.56 Å². The van der Waals surface area contributed by atoms with Crippen molar-refractivity contribution >= 4 is 56.6 Å². The van der Waals surface area contributed by atoms with Gasteiger partial charge < -0.3 is 24.8 Å². The van der Waals surface area contributed by atoms with E-state index in [-0.39, 0.29) is 49.8 Å². The van der Waals surface area contributed by atoms with Crippen molar-refractivity contribution in [3.8, 4) is 11.4 Å². The summed E-state index contributed by atoms with van der Waals surface area (Å²) in [5.41, 5.74) is 0.915. The SMILES string of the molecule is CC[C@@]1(O)C(=O)OCc2c1cc1n(c2=O)Cc2cc3c(CNC(=O)CO)c(C)c(F)cc3nc2-1.PP(P)P. The third kappa shape index (κ3) is 5.16. The van der Waals surface area contributed by atoms with Crippen molar-refractivity contribution in [3.63, 3.8) is 0 Å². The summed E-state index contributed by atoms with van der Waals surface area (Å²) in [5.74, 6) is -1.89. The van der Waals surface area contributed by atoms with E-state index in [0.717, 1.165) is 0 Å². The second kappa shape index (κ2) is 11.3. The van der Waals surface area contributed by atoms with Crippen LogP contribution in [0.15, 0.2) is 23.0 Å². The smallest absolute Gasteiger partial charge is 0.343 e. The van der Waals surface area contributed by atoms with Crippen molar-refractivity contribution in [2.75, 3.05) is 6.61 Å². The molecule has 0 bridgehead atoms. The molecule has 0 fully saturated rings. The standard InChI is InChI=1S/C24H22FN3O6.H6P4/c1-3-24(33)16-5-19-21-12(8-28(19)22(31)15(16)10-34-23(24)32)4-13-14(7-26-20(30)9-29)11(2)17(25)6-18(13)27-21;1-4(2)3/h4-6,29,33H,3,7-10H2,1-2H3,(H,26,30);1-3H2/t24-;/m0./s1. The third-order valence-corrected chi connectivity index (χ3v) is 6.75. The highest BCUT2D eigenvalue weighted by molar-refractivity contribution is 8.65. The van der Waals surface area contributed by atoms with Crippen LogP contribution in [-0.2, 0) is 39.6 Å². The minimum absolute atomic E-state index is 0.00410. The maximum Gasteiger partial charge on any atom is 0.343 e. The number of ether oxygens (including phenoxy) is 1. The molecule has 38 heavy (non-hydrogen) atoms. The van der Waals surface area contributed by atoms with Crippen LogP contribution in [0.1, 0.15) is 41.2 Å². The zero-order valence-electron chi connectivity index (χ0n) is 20.7. The molecule has 1 aromatic carbocycles. The number of hydrogen-bond donors (Lipinski definition) is 3. The molecule has 5 rings (SSSR count). The highest BCUT2D eigenvalue weighted by Crippen LogP contribution is 2.59. The van der Waals surface area contributed by atoms with E-state index < -0.39 is 29.9 Å². The van der Waals surface area contributed by atoms with Crippen LogP contribution in [0.3, 0.4) is 0 Å². The van der Waals surface area contributed by atoms with Gasteiger partial charge in [-0.2, -0.15) is 0 Å². The number of carbonyl (C=O) groups excluding carboxylic acids is 2. The van der Waals surface area contributed by atoms with Gasteiger partial charge in [0, 0.05) is 29.1 Å². The Balaban J connectivity index is 0.000000786. The molecule has 0 spiro atoms. The van der Waals surface area contributed by atoms with Crippen LogP contribution >= 0.6 is 33.8 Å². The van der Waals surface area contributed by atoms with Crippen LogP contribution < -0.4 is 10.9 Å². The Morgan fingerprint density at radius 1 is 1.29 bits per heavy atom. The molecule has 4 heterocycles. The molecule has 0 aliphatic carbocycles. The van der Waals surface area contributed by atoms with E-state index in [1.54, 1.807) is 19.9 Å². The van der Waals surface area contributed by atoms with Crippen LogP contribution in [-0.4, -0.2) is 38.2 Å². The second-order valence-corrected chi connectivity index (χ2v) is 20.6. The minimum atomic E-state index is -1.93. The molecule has 9 nitrogen and oxygen atoms in total. The number of benzene rings is 1. The number of fused-ring (bicyclic) bond motifs is 5. The molecular formula is C24H28FN3O6P4. The number of aromatic nitrogens is 2. The van der Waals surface area contributed by atoms with Crippen molar-refractivity contribution in [1.82, 2.24) is 14.9 Å². The number of carbonyl (C=O) groups is 2. The summed E-state index contributed by atoms with van der Waals surface area (Å²) in [6, 6.07) is 4.70. The van der Waals surface area contributed by atoms with Crippen LogP contribution in [0, 0.1) is 12.7 Å². The first-order chi connectivity index (χ1) is 17.9. The lowest BCUT2D eigenvalue weighted by Crippen LogP contribution is -2.44. The number of esters is 1. The lowest BCUT2D eigenvalue weighted by molar-refractivity contribution is -0.172. The number of hydrogen-bond acceptors (Lipinski definition) is 7. The van der Waals surface area contributed by atoms with Gasteiger partial charge in [-0.15, -0.1) is 26.8 Å². The van der Waals surface area contributed by atoms with Gasteiger partial charge >= 0.3 is 5.97 Å². The van der Waals surface area contributed by atoms with Gasteiger partial charge in [0.1, 0.15) is 19.0 Å². The van der Waals surface area contributed by atoms with E-state index in [2.05, 4.69) is 37.1 Å². The van der Waals surface area contributed by atoms with E-state index in [0.29, 0.717) is 39.0 Å². The van der Waals surface area contributed by atoms with Crippen molar-refractivity contribution in [2.45, 2.75) is 45.6 Å². The molecule has 0 saturated carbocycles. The van der Waals surface area contributed by atoms with Gasteiger partial charge in [-0.1, -0.05) is 6.92 Å². The number of amides is 1. The molecule has 3 unspecified atom stereocenters. The number of cyclic esters (lactones) is 1. The highest BCUT2D eigenvalue weighted by Gasteiger charge is 2.45. The first kappa shape index (κ1) is 29.1. The van der Waals surface area contributed by atoms with E-state index in [1.807, 2.05) is 6.07 Å². The van der Waals surface area contributed by atoms with Crippen molar-refractivity contribution in [3.05, 3.63) is 62.2 Å². The van der Waals surface area contributed by atoms with Crippen LogP contribution in [0.2, 0.25) is 0 Å². The Bertz CT molecular complexity index is 1530. The number of aliphatic hydroxyl groups is 2. The largest absolute Gasteiger partial charge is 0.458 e. The summed E-state index contributed by atoms with van der Waals surface area (Å²) in [4.78, 5) is 41.7. The van der Waals surface area contributed by atoms with E-state index >= 15 is 0 Å². The lowest BCUT2D eigenvalue weighted by Gasteiger charge is -2.31. The molecule has 4 atom stereocenters. The number of nitrogens with one attached hydrogen (secondary N) is 1. The van der Waals surface area contributed by atoms with Crippen LogP contribution in [0.4, 0.5) is 4.39 Å². The summed E-state index contributed by atoms with van der Waals surface area (Å²) < 4.78 is 21.3. The van der Waals surface area contributed by atoms with Crippen molar-refractivity contribution in [2.24, 2.45) is 0 Å². The fourth-order valence-corrected chi connectivity index (χ4v) is 4.73. The quantitative estimate of drug-likeness (QED) is 0.244. The average molecular weight is 597 g/mol. The van der Waals surface area contributed by atoms with Gasteiger partial charge in [0.05, 0.1) is 29.0 Å². The van der Waals surface area contributed by atoms with Gasteiger partial charge in [-0.3, -0.25) is 9.59 Å². The summed E-state index contributed by atoms with van der Waals surface area (Å²) >= 11 is 0. The van der Waals surface area contributed by atoms with Gasteiger partial charge in [-0.05, 0) is 43.6 Å². The molecule has 3 N–H and O–H groups in total. The Morgan fingerprint density at radius 2 is 1.97 bits per heavy atom. The molecule has 202 valence electrons. The fourth-order valence-electron chi connectivity index (χ4n) is 4.73. The number of nitrogens with zero attached hydrogens (tertiary/aromatic N) is 2. The first-order valence-corrected chi connectivity index (χ1v) is 17.8. The highest BCUT2D eigenvalue weighted by atomic mass is 32.7. The topological polar surface area (TPSA) is 131 Å². The Hall–Kier alpha value is -1.91.